The van der Waals surface area contributed by atoms with E-state index in [1.54, 1.807) is 0 Å². The standard InChI is InChI=1S/C15H29N3/c1-2-7-15(8-3-9-17-15)12-16-13-6-10-18(11-13)14-4-5-14/h13-14,16-17H,2-12H2,1H3. The van der Waals surface area contributed by atoms with Crippen LogP contribution in [0.5, 0.6) is 0 Å². The predicted octanol–water partition coefficient (Wildman–Crippen LogP) is 1.73. The molecule has 2 heterocycles. The molecule has 18 heavy (non-hydrogen) atoms. The second-order valence-corrected chi connectivity index (χ2v) is 6.65. The Kier molecular flexibility index (Phi) is 3.92. The summed E-state index contributed by atoms with van der Waals surface area (Å²) in [7, 11) is 0. The van der Waals surface area contributed by atoms with Gasteiger partial charge >= 0.3 is 0 Å². The van der Waals surface area contributed by atoms with Crippen LogP contribution in [-0.4, -0.2) is 48.7 Å². The van der Waals surface area contributed by atoms with Crippen LogP contribution < -0.4 is 10.6 Å². The summed E-state index contributed by atoms with van der Waals surface area (Å²) in [5.41, 5.74) is 0.418. The maximum atomic E-state index is 3.86. The van der Waals surface area contributed by atoms with E-state index in [4.69, 9.17) is 0 Å². The molecule has 3 heteroatoms. The average molecular weight is 251 g/mol. The average Bonchev–Trinajstić information content (AvgIpc) is 2.94. The van der Waals surface area contributed by atoms with Crippen molar-refractivity contribution >= 4 is 0 Å². The molecule has 0 aromatic carbocycles. The van der Waals surface area contributed by atoms with Crippen molar-refractivity contribution in [2.24, 2.45) is 0 Å². The van der Waals surface area contributed by atoms with Crippen molar-refractivity contribution in [2.45, 2.75) is 69.5 Å². The Bertz CT molecular complexity index is 269. The lowest BCUT2D eigenvalue weighted by atomic mass is 9.91. The molecule has 2 aliphatic heterocycles. The van der Waals surface area contributed by atoms with E-state index in [-0.39, 0.29) is 0 Å². The summed E-state index contributed by atoms with van der Waals surface area (Å²) in [4.78, 5) is 2.70. The predicted molar refractivity (Wildman–Crippen MR) is 75.9 cm³/mol. The fraction of sp³-hybridized carbons (Fsp3) is 1.00. The minimum atomic E-state index is 0.418. The molecule has 1 saturated carbocycles. The van der Waals surface area contributed by atoms with Crippen molar-refractivity contribution in [2.75, 3.05) is 26.2 Å². The van der Waals surface area contributed by atoms with Crippen molar-refractivity contribution in [3.63, 3.8) is 0 Å². The van der Waals surface area contributed by atoms with Crippen molar-refractivity contribution in [1.82, 2.24) is 15.5 Å². The van der Waals surface area contributed by atoms with Gasteiger partial charge in [-0.15, -0.1) is 0 Å². The molecule has 3 fully saturated rings. The molecule has 2 N–H and O–H groups in total. The molecule has 3 nitrogen and oxygen atoms in total. The molecule has 0 aromatic rings. The van der Waals surface area contributed by atoms with Gasteiger partial charge in [-0.25, -0.2) is 0 Å². The van der Waals surface area contributed by atoms with Gasteiger partial charge in [-0.2, -0.15) is 0 Å². The van der Waals surface area contributed by atoms with Crippen LogP contribution in [0.2, 0.25) is 0 Å². The van der Waals surface area contributed by atoms with Crippen LogP contribution in [0.1, 0.15) is 51.9 Å². The maximum absolute atomic E-state index is 3.86. The van der Waals surface area contributed by atoms with E-state index in [9.17, 15) is 0 Å². The zero-order chi connectivity index (χ0) is 12.4. The summed E-state index contributed by atoms with van der Waals surface area (Å²) < 4.78 is 0. The summed E-state index contributed by atoms with van der Waals surface area (Å²) in [5, 5.41) is 7.62. The topological polar surface area (TPSA) is 27.3 Å². The van der Waals surface area contributed by atoms with Crippen LogP contribution in [0.25, 0.3) is 0 Å². The summed E-state index contributed by atoms with van der Waals surface area (Å²) in [6, 6.07) is 1.70. The van der Waals surface area contributed by atoms with Crippen molar-refractivity contribution in [3.05, 3.63) is 0 Å². The van der Waals surface area contributed by atoms with Crippen LogP contribution in [0.4, 0.5) is 0 Å². The third kappa shape index (κ3) is 2.89. The number of nitrogens with one attached hydrogen (secondary N) is 2. The van der Waals surface area contributed by atoms with Gasteiger partial charge in [0.25, 0.3) is 0 Å². The molecule has 0 radical (unpaired) electrons. The quantitative estimate of drug-likeness (QED) is 0.753. The number of hydrogen-bond donors (Lipinski definition) is 2. The number of likely N-dealkylation sites (tertiary alicyclic amines) is 1. The minimum Gasteiger partial charge on any atom is -0.311 e. The van der Waals surface area contributed by atoms with E-state index in [1.807, 2.05) is 0 Å². The Morgan fingerprint density at radius 3 is 2.89 bits per heavy atom. The third-order valence-corrected chi connectivity index (χ3v) is 5.07. The zero-order valence-corrected chi connectivity index (χ0v) is 11.9. The maximum Gasteiger partial charge on any atom is 0.0306 e. The van der Waals surface area contributed by atoms with Crippen molar-refractivity contribution in [1.29, 1.82) is 0 Å². The molecule has 3 aliphatic rings. The van der Waals surface area contributed by atoms with Gasteiger partial charge < -0.3 is 10.6 Å². The Morgan fingerprint density at radius 2 is 2.22 bits per heavy atom. The highest BCUT2D eigenvalue weighted by atomic mass is 15.2. The molecule has 0 spiro atoms. The first kappa shape index (κ1) is 12.9. The fourth-order valence-corrected chi connectivity index (χ4v) is 3.86. The monoisotopic (exact) mass is 251 g/mol. The third-order valence-electron chi connectivity index (χ3n) is 5.07. The van der Waals surface area contributed by atoms with Crippen molar-refractivity contribution < 1.29 is 0 Å². The number of nitrogens with zero attached hydrogens (tertiary/aromatic N) is 1. The van der Waals surface area contributed by atoms with Gasteiger partial charge in [-0.05, 0) is 45.1 Å². The van der Waals surface area contributed by atoms with E-state index in [2.05, 4.69) is 22.5 Å². The Hall–Kier alpha value is -0.120. The number of hydrogen-bond acceptors (Lipinski definition) is 3. The van der Waals surface area contributed by atoms with Crippen LogP contribution >= 0.6 is 0 Å². The molecular formula is C15H29N3. The molecule has 1 aliphatic carbocycles. The lowest BCUT2D eigenvalue weighted by Crippen LogP contribution is -2.51. The fourth-order valence-electron chi connectivity index (χ4n) is 3.86. The van der Waals surface area contributed by atoms with Gasteiger partial charge in [0.1, 0.15) is 0 Å². The molecule has 0 aromatic heterocycles. The molecule has 2 atom stereocenters. The first-order chi connectivity index (χ1) is 8.81. The summed E-state index contributed by atoms with van der Waals surface area (Å²) >= 11 is 0. The lowest BCUT2D eigenvalue weighted by molar-refractivity contribution is 0.291. The highest BCUT2D eigenvalue weighted by molar-refractivity contribution is 4.97. The largest absolute Gasteiger partial charge is 0.311 e. The van der Waals surface area contributed by atoms with E-state index in [0.29, 0.717) is 5.54 Å². The summed E-state index contributed by atoms with van der Waals surface area (Å²) in [6.45, 7) is 7.35. The van der Waals surface area contributed by atoms with E-state index < -0.39 is 0 Å². The first-order valence-electron chi connectivity index (χ1n) is 8.04. The Morgan fingerprint density at radius 1 is 1.33 bits per heavy atom. The smallest absolute Gasteiger partial charge is 0.0306 e. The van der Waals surface area contributed by atoms with Gasteiger partial charge in [-0.1, -0.05) is 13.3 Å². The SMILES string of the molecule is CCCC1(CNC2CCN(C3CC3)C2)CCCN1. The van der Waals surface area contributed by atoms with Crippen molar-refractivity contribution in [3.8, 4) is 0 Å². The second-order valence-electron chi connectivity index (χ2n) is 6.65. The molecular weight excluding hydrogens is 222 g/mol. The summed E-state index contributed by atoms with van der Waals surface area (Å²) in [5.74, 6) is 0. The van der Waals surface area contributed by atoms with Crippen LogP contribution in [0.3, 0.4) is 0 Å². The van der Waals surface area contributed by atoms with Gasteiger partial charge in [0.2, 0.25) is 0 Å². The second kappa shape index (κ2) is 5.48. The summed E-state index contributed by atoms with van der Waals surface area (Å²) in [6.07, 6.45) is 9.63. The number of rotatable bonds is 6. The van der Waals surface area contributed by atoms with Crippen LogP contribution in [0, 0.1) is 0 Å². The molecule has 0 amide bonds. The molecule has 2 unspecified atom stereocenters. The molecule has 3 rings (SSSR count). The van der Waals surface area contributed by atoms with Crippen LogP contribution in [0.15, 0.2) is 0 Å². The molecule has 2 saturated heterocycles. The molecule has 104 valence electrons. The Balaban J connectivity index is 1.45. The van der Waals surface area contributed by atoms with Gasteiger partial charge in [0.15, 0.2) is 0 Å². The first-order valence-corrected chi connectivity index (χ1v) is 8.04. The minimum absolute atomic E-state index is 0.418. The Labute approximate surface area is 112 Å². The van der Waals surface area contributed by atoms with E-state index >= 15 is 0 Å². The molecule has 0 bridgehead atoms. The normalized spacial score (nSPS) is 37.5. The highest BCUT2D eigenvalue weighted by Gasteiger charge is 2.36. The van der Waals surface area contributed by atoms with Gasteiger partial charge in [0, 0.05) is 37.3 Å². The van der Waals surface area contributed by atoms with E-state index in [0.717, 1.165) is 12.1 Å². The lowest BCUT2D eigenvalue weighted by Gasteiger charge is -2.31. The van der Waals surface area contributed by atoms with E-state index in [1.165, 1.54) is 71.1 Å². The highest BCUT2D eigenvalue weighted by Crippen LogP contribution is 2.30. The van der Waals surface area contributed by atoms with Gasteiger partial charge in [-0.3, -0.25) is 4.90 Å². The zero-order valence-electron chi connectivity index (χ0n) is 11.9. The van der Waals surface area contributed by atoms with Gasteiger partial charge in [0.05, 0.1) is 0 Å². The van der Waals surface area contributed by atoms with Crippen LogP contribution in [-0.2, 0) is 0 Å².